The molecule has 0 amide bonds. The Morgan fingerprint density at radius 1 is 1.47 bits per heavy atom. The Morgan fingerprint density at radius 3 is 2.93 bits per heavy atom. The molecule has 0 aliphatic carbocycles. The molecule has 0 spiro atoms. The monoisotopic (exact) mass is 307 g/mol. The summed E-state index contributed by atoms with van der Waals surface area (Å²) in [6.45, 7) is 1.98. The van der Waals surface area contributed by atoms with Crippen LogP contribution in [-0.4, -0.2) is 18.6 Å². The summed E-state index contributed by atoms with van der Waals surface area (Å²) in [6.07, 6.45) is 3.35. The SMILES string of the molecule is CSCCCNCc1ccc(Cl)c(Br)c1. The first-order valence-corrected chi connectivity index (χ1v) is 7.44. The Hall–Kier alpha value is 0.300. The van der Waals surface area contributed by atoms with Crippen molar-refractivity contribution in [3.05, 3.63) is 33.3 Å². The molecule has 84 valence electrons. The van der Waals surface area contributed by atoms with Crippen molar-refractivity contribution in [2.24, 2.45) is 0 Å². The Balaban J connectivity index is 2.28. The summed E-state index contributed by atoms with van der Waals surface area (Å²) >= 11 is 11.2. The molecule has 1 rings (SSSR count). The second-order valence-electron chi connectivity index (χ2n) is 3.27. The van der Waals surface area contributed by atoms with Gasteiger partial charge in [0.1, 0.15) is 0 Å². The van der Waals surface area contributed by atoms with Crippen LogP contribution in [0.2, 0.25) is 5.02 Å². The van der Waals surface area contributed by atoms with Crippen molar-refractivity contribution in [1.82, 2.24) is 5.32 Å². The van der Waals surface area contributed by atoms with Crippen molar-refractivity contribution in [3.63, 3.8) is 0 Å². The third-order valence-corrected chi connectivity index (χ3v) is 3.93. The number of hydrogen-bond acceptors (Lipinski definition) is 2. The quantitative estimate of drug-likeness (QED) is 0.799. The Morgan fingerprint density at radius 2 is 2.27 bits per heavy atom. The first-order chi connectivity index (χ1) is 7.24. The lowest BCUT2D eigenvalue weighted by Gasteiger charge is -2.05. The fraction of sp³-hybridized carbons (Fsp3) is 0.455. The molecule has 0 aromatic heterocycles. The van der Waals surface area contributed by atoms with E-state index in [4.69, 9.17) is 11.6 Å². The molecular weight excluding hydrogens is 294 g/mol. The zero-order valence-electron chi connectivity index (χ0n) is 8.72. The Kier molecular flexibility index (Phi) is 6.73. The number of nitrogens with one attached hydrogen (secondary N) is 1. The lowest BCUT2D eigenvalue weighted by Crippen LogP contribution is -2.15. The van der Waals surface area contributed by atoms with Crippen LogP contribution >= 0.6 is 39.3 Å². The van der Waals surface area contributed by atoms with Gasteiger partial charge in [0.25, 0.3) is 0 Å². The van der Waals surface area contributed by atoms with E-state index in [0.29, 0.717) is 0 Å². The number of thioether (sulfide) groups is 1. The lowest BCUT2D eigenvalue weighted by atomic mass is 10.2. The van der Waals surface area contributed by atoms with E-state index in [-0.39, 0.29) is 0 Å². The second kappa shape index (κ2) is 7.55. The van der Waals surface area contributed by atoms with Crippen molar-refractivity contribution in [2.75, 3.05) is 18.6 Å². The zero-order chi connectivity index (χ0) is 11.1. The van der Waals surface area contributed by atoms with Crippen LogP contribution in [0.25, 0.3) is 0 Å². The molecule has 0 bridgehead atoms. The van der Waals surface area contributed by atoms with Crippen LogP contribution in [0.4, 0.5) is 0 Å². The van der Waals surface area contributed by atoms with E-state index in [2.05, 4.69) is 39.6 Å². The average Bonchev–Trinajstić information content (AvgIpc) is 2.23. The summed E-state index contributed by atoms with van der Waals surface area (Å²) in [7, 11) is 0. The number of hydrogen-bond donors (Lipinski definition) is 1. The molecule has 0 aliphatic heterocycles. The number of halogens is 2. The van der Waals surface area contributed by atoms with Crippen molar-refractivity contribution < 1.29 is 0 Å². The van der Waals surface area contributed by atoms with E-state index >= 15 is 0 Å². The van der Waals surface area contributed by atoms with Gasteiger partial charge in [0, 0.05) is 11.0 Å². The van der Waals surface area contributed by atoms with Gasteiger partial charge in [0.2, 0.25) is 0 Å². The lowest BCUT2D eigenvalue weighted by molar-refractivity contribution is 0.679. The maximum atomic E-state index is 5.91. The summed E-state index contributed by atoms with van der Waals surface area (Å²) in [6, 6.07) is 6.03. The molecule has 0 radical (unpaired) electrons. The maximum Gasteiger partial charge on any atom is 0.0548 e. The molecule has 0 aliphatic rings. The van der Waals surface area contributed by atoms with Crippen LogP contribution in [0.3, 0.4) is 0 Å². The standard InChI is InChI=1S/C11H15BrClNS/c1-15-6-2-5-14-8-9-3-4-11(13)10(12)7-9/h3-4,7,14H,2,5-6,8H2,1H3. The fourth-order valence-electron chi connectivity index (χ4n) is 1.22. The van der Waals surface area contributed by atoms with Gasteiger partial charge in [-0.3, -0.25) is 0 Å². The highest BCUT2D eigenvalue weighted by atomic mass is 79.9. The fourth-order valence-corrected chi connectivity index (χ4v) is 2.20. The van der Waals surface area contributed by atoms with Gasteiger partial charge in [-0.2, -0.15) is 11.8 Å². The van der Waals surface area contributed by atoms with Gasteiger partial charge in [0.05, 0.1) is 5.02 Å². The average molecular weight is 309 g/mol. The number of rotatable bonds is 6. The molecule has 1 aromatic carbocycles. The molecule has 4 heteroatoms. The largest absolute Gasteiger partial charge is 0.313 e. The van der Waals surface area contributed by atoms with Gasteiger partial charge < -0.3 is 5.32 Å². The van der Waals surface area contributed by atoms with Gasteiger partial charge in [-0.05, 0) is 58.6 Å². The van der Waals surface area contributed by atoms with Crippen molar-refractivity contribution in [2.45, 2.75) is 13.0 Å². The van der Waals surface area contributed by atoms with Gasteiger partial charge in [-0.25, -0.2) is 0 Å². The highest BCUT2D eigenvalue weighted by Crippen LogP contribution is 2.22. The normalized spacial score (nSPS) is 10.6. The molecule has 0 unspecified atom stereocenters. The molecule has 0 heterocycles. The summed E-state index contributed by atoms with van der Waals surface area (Å²) in [5.41, 5.74) is 1.26. The van der Waals surface area contributed by atoms with Gasteiger partial charge >= 0.3 is 0 Å². The molecule has 0 fully saturated rings. The predicted molar refractivity (Wildman–Crippen MR) is 73.9 cm³/mol. The molecule has 1 N–H and O–H groups in total. The third kappa shape index (κ3) is 5.25. The van der Waals surface area contributed by atoms with E-state index in [1.165, 1.54) is 17.7 Å². The molecular formula is C11H15BrClNS. The molecule has 0 saturated heterocycles. The van der Waals surface area contributed by atoms with Crippen LogP contribution in [0.5, 0.6) is 0 Å². The summed E-state index contributed by atoms with van der Waals surface area (Å²) < 4.78 is 0.965. The topological polar surface area (TPSA) is 12.0 Å². The summed E-state index contributed by atoms with van der Waals surface area (Å²) in [4.78, 5) is 0. The maximum absolute atomic E-state index is 5.91. The van der Waals surface area contributed by atoms with E-state index in [0.717, 1.165) is 22.6 Å². The van der Waals surface area contributed by atoms with Crippen molar-refractivity contribution in [1.29, 1.82) is 0 Å². The molecule has 0 saturated carbocycles. The predicted octanol–water partition coefficient (Wildman–Crippen LogP) is 3.95. The zero-order valence-corrected chi connectivity index (χ0v) is 11.9. The van der Waals surface area contributed by atoms with Crippen molar-refractivity contribution in [3.8, 4) is 0 Å². The molecule has 0 atom stereocenters. The number of benzene rings is 1. The van der Waals surface area contributed by atoms with Crippen molar-refractivity contribution >= 4 is 39.3 Å². The van der Waals surface area contributed by atoms with Crippen LogP contribution in [-0.2, 0) is 6.54 Å². The highest BCUT2D eigenvalue weighted by molar-refractivity contribution is 9.10. The second-order valence-corrected chi connectivity index (χ2v) is 5.52. The minimum Gasteiger partial charge on any atom is -0.313 e. The Bertz CT molecular complexity index is 307. The third-order valence-electron chi connectivity index (χ3n) is 2.02. The molecule has 1 nitrogen and oxygen atoms in total. The van der Waals surface area contributed by atoms with Gasteiger partial charge in [-0.15, -0.1) is 0 Å². The van der Waals surface area contributed by atoms with E-state index in [1.807, 2.05) is 17.8 Å². The van der Waals surface area contributed by atoms with Crippen LogP contribution < -0.4 is 5.32 Å². The van der Waals surface area contributed by atoms with Gasteiger partial charge in [-0.1, -0.05) is 17.7 Å². The molecule has 15 heavy (non-hydrogen) atoms. The first kappa shape index (κ1) is 13.4. The van der Waals surface area contributed by atoms with E-state index in [1.54, 1.807) is 0 Å². The van der Waals surface area contributed by atoms with E-state index < -0.39 is 0 Å². The minimum atomic E-state index is 0.765. The van der Waals surface area contributed by atoms with Crippen LogP contribution in [0, 0.1) is 0 Å². The summed E-state index contributed by atoms with van der Waals surface area (Å²) in [5.74, 6) is 1.22. The highest BCUT2D eigenvalue weighted by Gasteiger charge is 1.98. The first-order valence-electron chi connectivity index (χ1n) is 4.87. The smallest absolute Gasteiger partial charge is 0.0548 e. The summed E-state index contributed by atoms with van der Waals surface area (Å²) in [5, 5.41) is 4.17. The Labute approximate surface area is 109 Å². The molecule has 1 aromatic rings. The van der Waals surface area contributed by atoms with Gasteiger partial charge in [0.15, 0.2) is 0 Å². The van der Waals surface area contributed by atoms with Crippen LogP contribution in [0.15, 0.2) is 22.7 Å². The van der Waals surface area contributed by atoms with Crippen LogP contribution in [0.1, 0.15) is 12.0 Å². The minimum absolute atomic E-state index is 0.765. The van der Waals surface area contributed by atoms with E-state index in [9.17, 15) is 0 Å².